The van der Waals surface area contributed by atoms with Gasteiger partial charge in [-0.25, -0.2) is 9.37 Å². The third kappa shape index (κ3) is 3.43. The Hall–Kier alpha value is -3.00. The Morgan fingerprint density at radius 2 is 1.48 bits per heavy atom. The summed E-state index contributed by atoms with van der Waals surface area (Å²) in [5.41, 5.74) is 5.40. The van der Waals surface area contributed by atoms with E-state index < -0.39 is 0 Å². The summed E-state index contributed by atoms with van der Waals surface area (Å²) in [6.07, 6.45) is 1.93. The molecule has 122 valence electrons. The Labute approximate surface area is 146 Å². The van der Waals surface area contributed by atoms with Gasteiger partial charge in [-0.2, -0.15) is 0 Å². The number of nitrogens with zero attached hydrogens (tertiary/aromatic N) is 1. The number of pyridine rings is 1. The second-order valence-electron chi connectivity index (χ2n) is 6.18. The normalized spacial score (nSPS) is 10.9. The third-order valence-electron chi connectivity index (χ3n) is 4.47. The molecule has 0 aliphatic carbocycles. The number of rotatable bonds is 4. The van der Waals surface area contributed by atoms with E-state index in [1.54, 1.807) is 12.1 Å². The third-order valence-corrected chi connectivity index (χ3v) is 4.47. The predicted octanol–water partition coefficient (Wildman–Crippen LogP) is 5.83. The molecule has 0 aliphatic rings. The molecule has 25 heavy (non-hydrogen) atoms. The number of fused-ring (bicyclic) bond motifs is 1. The van der Waals surface area contributed by atoms with Crippen LogP contribution < -0.4 is 0 Å². The molecule has 4 aromatic rings. The summed E-state index contributed by atoms with van der Waals surface area (Å²) >= 11 is 0. The summed E-state index contributed by atoms with van der Waals surface area (Å²) in [4.78, 5) is 4.86. The number of hydrogen-bond acceptors (Lipinski definition) is 1. The lowest BCUT2D eigenvalue weighted by molar-refractivity contribution is 0.628. The first-order chi connectivity index (χ1) is 12.3. The van der Waals surface area contributed by atoms with E-state index in [1.165, 1.54) is 23.3 Å². The highest BCUT2D eigenvalue weighted by Crippen LogP contribution is 2.24. The Kier molecular flexibility index (Phi) is 4.26. The van der Waals surface area contributed by atoms with Crippen molar-refractivity contribution in [3.8, 4) is 11.3 Å². The van der Waals surface area contributed by atoms with E-state index >= 15 is 0 Å². The van der Waals surface area contributed by atoms with Gasteiger partial charge in [-0.1, -0.05) is 54.6 Å². The van der Waals surface area contributed by atoms with Crippen LogP contribution in [0.1, 0.15) is 11.1 Å². The zero-order valence-corrected chi connectivity index (χ0v) is 13.8. The number of aromatic nitrogens is 1. The lowest BCUT2D eigenvalue weighted by Crippen LogP contribution is -1.95. The summed E-state index contributed by atoms with van der Waals surface area (Å²) in [7, 11) is 0. The maximum Gasteiger partial charge on any atom is 0.123 e. The van der Waals surface area contributed by atoms with Crippen molar-refractivity contribution in [3.05, 3.63) is 102 Å². The van der Waals surface area contributed by atoms with Crippen LogP contribution in [0.25, 0.3) is 22.2 Å². The van der Waals surface area contributed by atoms with Crippen molar-refractivity contribution in [1.29, 1.82) is 0 Å². The molecule has 0 spiro atoms. The van der Waals surface area contributed by atoms with Gasteiger partial charge in [0.1, 0.15) is 5.82 Å². The maximum absolute atomic E-state index is 13.2. The van der Waals surface area contributed by atoms with Crippen LogP contribution in [0.15, 0.2) is 84.9 Å². The first-order valence-corrected chi connectivity index (χ1v) is 8.48. The van der Waals surface area contributed by atoms with Crippen molar-refractivity contribution in [2.24, 2.45) is 0 Å². The minimum atomic E-state index is -0.229. The summed E-state index contributed by atoms with van der Waals surface area (Å²) < 4.78 is 13.2. The van der Waals surface area contributed by atoms with Crippen molar-refractivity contribution < 1.29 is 4.39 Å². The van der Waals surface area contributed by atoms with Gasteiger partial charge >= 0.3 is 0 Å². The topological polar surface area (TPSA) is 12.9 Å². The fourth-order valence-corrected chi connectivity index (χ4v) is 3.12. The molecule has 0 radical (unpaired) electrons. The summed E-state index contributed by atoms with van der Waals surface area (Å²) in [5.74, 6) is -0.229. The Balaban J connectivity index is 1.69. The quantitative estimate of drug-likeness (QED) is 0.460. The lowest BCUT2D eigenvalue weighted by Gasteiger charge is -2.09. The largest absolute Gasteiger partial charge is 0.248 e. The summed E-state index contributed by atoms with van der Waals surface area (Å²) in [6, 6.07) is 27.4. The molecule has 3 aromatic carbocycles. The average molecular weight is 327 g/mol. The molecule has 0 saturated heterocycles. The van der Waals surface area contributed by atoms with Gasteiger partial charge in [0.25, 0.3) is 0 Å². The van der Waals surface area contributed by atoms with Gasteiger partial charge in [-0.05, 0) is 54.3 Å². The van der Waals surface area contributed by atoms with Crippen LogP contribution in [0.3, 0.4) is 0 Å². The molecule has 0 fully saturated rings. The Morgan fingerprint density at radius 1 is 0.680 bits per heavy atom. The molecular formula is C23H18FN. The van der Waals surface area contributed by atoms with Gasteiger partial charge in [-0.3, -0.25) is 0 Å². The van der Waals surface area contributed by atoms with E-state index in [9.17, 15) is 4.39 Å². The Morgan fingerprint density at radius 3 is 2.28 bits per heavy atom. The molecule has 0 bridgehead atoms. The van der Waals surface area contributed by atoms with E-state index in [-0.39, 0.29) is 5.82 Å². The molecule has 1 nitrogen and oxygen atoms in total. The molecule has 1 heterocycles. The van der Waals surface area contributed by atoms with E-state index in [1.807, 2.05) is 12.1 Å². The van der Waals surface area contributed by atoms with E-state index in [2.05, 4.69) is 48.5 Å². The van der Waals surface area contributed by atoms with Crippen LogP contribution in [0.4, 0.5) is 4.39 Å². The first-order valence-electron chi connectivity index (χ1n) is 8.48. The minimum Gasteiger partial charge on any atom is -0.248 e. The maximum atomic E-state index is 13.2. The van der Waals surface area contributed by atoms with Crippen molar-refractivity contribution in [2.45, 2.75) is 12.8 Å². The van der Waals surface area contributed by atoms with Crippen molar-refractivity contribution in [2.75, 3.05) is 0 Å². The predicted molar refractivity (Wildman–Crippen MR) is 101 cm³/mol. The first kappa shape index (κ1) is 15.5. The highest BCUT2D eigenvalue weighted by atomic mass is 19.1. The fourth-order valence-electron chi connectivity index (χ4n) is 3.12. The SMILES string of the molecule is Fc1ccc(-c2ccc3cccc(CCc4ccccc4)c3n2)cc1. The molecule has 4 rings (SSSR count). The number of para-hydroxylation sites is 1. The van der Waals surface area contributed by atoms with Gasteiger partial charge in [-0.15, -0.1) is 0 Å². The van der Waals surface area contributed by atoms with Crippen molar-refractivity contribution in [1.82, 2.24) is 4.98 Å². The fraction of sp³-hybridized carbons (Fsp3) is 0.0870. The monoisotopic (exact) mass is 327 g/mol. The second-order valence-corrected chi connectivity index (χ2v) is 6.18. The molecule has 0 unspecified atom stereocenters. The molecular weight excluding hydrogens is 309 g/mol. The minimum absolute atomic E-state index is 0.229. The van der Waals surface area contributed by atoms with Gasteiger partial charge in [0, 0.05) is 10.9 Å². The number of hydrogen-bond donors (Lipinski definition) is 0. The van der Waals surface area contributed by atoms with Crippen molar-refractivity contribution >= 4 is 10.9 Å². The number of aryl methyl sites for hydroxylation is 2. The zero-order valence-electron chi connectivity index (χ0n) is 13.8. The Bertz CT molecular complexity index is 991. The van der Waals surface area contributed by atoms with E-state index in [0.717, 1.165) is 35.0 Å². The summed E-state index contributed by atoms with van der Waals surface area (Å²) in [5, 5.41) is 1.14. The van der Waals surface area contributed by atoms with Crippen LogP contribution in [0.5, 0.6) is 0 Å². The zero-order chi connectivity index (χ0) is 17.1. The van der Waals surface area contributed by atoms with Gasteiger partial charge in [0.2, 0.25) is 0 Å². The molecule has 0 amide bonds. The van der Waals surface area contributed by atoms with Crippen LogP contribution in [-0.2, 0) is 12.8 Å². The average Bonchev–Trinajstić information content (AvgIpc) is 2.67. The van der Waals surface area contributed by atoms with Crippen LogP contribution in [0.2, 0.25) is 0 Å². The molecule has 0 atom stereocenters. The van der Waals surface area contributed by atoms with Crippen molar-refractivity contribution in [3.63, 3.8) is 0 Å². The second kappa shape index (κ2) is 6.86. The van der Waals surface area contributed by atoms with Gasteiger partial charge in [0.15, 0.2) is 0 Å². The molecule has 0 N–H and O–H groups in total. The lowest BCUT2D eigenvalue weighted by atomic mass is 10.0. The van der Waals surface area contributed by atoms with Crippen LogP contribution in [0, 0.1) is 5.82 Å². The van der Waals surface area contributed by atoms with Gasteiger partial charge < -0.3 is 0 Å². The molecule has 0 saturated carbocycles. The van der Waals surface area contributed by atoms with E-state index in [0.29, 0.717) is 0 Å². The number of benzene rings is 3. The highest BCUT2D eigenvalue weighted by Gasteiger charge is 2.06. The smallest absolute Gasteiger partial charge is 0.123 e. The van der Waals surface area contributed by atoms with Crippen LogP contribution >= 0.6 is 0 Å². The summed E-state index contributed by atoms with van der Waals surface area (Å²) in [6.45, 7) is 0. The highest BCUT2D eigenvalue weighted by molar-refractivity contribution is 5.84. The molecule has 1 aromatic heterocycles. The molecule has 0 aliphatic heterocycles. The van der Waals surface area contributed by atoms with E-state index in [4.69, 9.17) is 4.98 Å². The number of halogens is 1. The molecule has 2 heteroatoms. The van der Waals surface area contributed by atoms with Crippen LogP contribution in [-0.4, -0.2) is 4.98 Å². The van der Waals surface area contributed by atoms with Gasteiger partial charge in [0.05, 0.1) is 11.2 Å². The standard InChI is InChI=1S/C23H18FN/c24-21-14-11-18(12-15-21)22-16-13-20-8-4-7-19(23(20)25-22)10-9-17-5-2-1-3-6-17/h1-8,11-16H,9-10H2.